The van der Waals surface area contributed by atoms with Gasteiger partial charge in [-0.05, 0) is 54.5 Å². The van der Waals surface area contributed by atoms with Gasteiger partial charge in [0.25, 0.3) is 0 Å². The number of halogens is 1. The molecule has 4 rings (SSSR count). The van der Waals surface area contributed by atoms with Crippen LogP contribution >= 0.6 is 0 Å². The maximum absolute atomic E-state index is 15.1. The van der Waals surface area contributed by atoms with Gasteiger partial charge < -0.3 is 9.64 Å². The van der Waals surface area contributed by atoms with E-state index in [9.17, 15) is 9.59 Å². The highest BCUT2D eigenvalue weighted by Gasteiger charge is 2.30. The van der Waals surface area contributed by atoms with Crippen LogP contribution in [0.5, 0.6) is 5.88 Å². The maximum Gasteiger partial charge on any atom is 0.227 e. The summed E-state index contributed by atoms with van der Waals surface area (Å²) < 4.78 is 20.1. The standard InChI is InChI=1S/C28H29FN2O3/c1-3-28(33)31(23-5-4-6-23)25-14-13-22(17-24(25)29)20-9-11-21(12-10-20)26(32)15-7-19-8-16-27(34-2)30-18-19/h8-14,16-18,23H,3-7,15H2,1-2H3. The lowest BCUT2D eigenvalue weighted by Crippen LogP contribution is -2.44. The Hall–Kier alpha value is -3.54. The van der Waals surface area contributed by atoms with E-state index in [4.69, 9.17) is 4.74 Å². The van der Waals surface area contributed by atoms with Crippen molar-refractivity contribution in [2.45, 2.75) is 51.5 Å². The van der Waals surface area contributed by atoms with Crippen molar-refractivity contribution >= 4 is 17.4 Å². The van der Waals surface area contributed by atoms with Gasteiger partial charge in [-0.3, -0.25) is 9.59 Å². The maximum atomic E-state index is 15.1. The highest BCUT2D eigenvalue weighted by molar-refractivity contribution is 5.97. The van der Waals surface area contributed by atoms with E-state index >= 15 is 4.39 Å². The predicted molar refractivity (Wildman–Crippen MR) is 131 cm³/mol. The molecule has 34 heavy (non-hydrogen) atoms. The van der Waals surface area contributed by atoms with Crippen molar-refractivity contribution in [3.63, 3.8) is 0 Å². The molecule has 1 aliphatic carbocycles. The summed E-state index contributed by atoms with van der Waals surface area (Å²) in [6.07, 6.45) is 5.93. The molecule has 0 unspecified atom stereocenters. The number of hydrogen-bond acceptors (Lipinski definition) is 4. The van der Waals surface area contributed by atoms with Gasteiger partial charge in [0.1, 0.15) is 5.82 Å². The Bertz CT molecular complexity index is 1160. The van der Waals surface area contributed by atoms with Crippen LogP contribution in [-0.4, -0.2) is 29.8 Å². The highest BCUT2D eigenvalue weighted by atomic mass is 19.1. The van der Waals surface area contributed by atoms with Gasteiger partial charge in [-0.2, -0.15) is 0 Å². The molecule has 176 valence electrons. The molecule has 5 nitrogen and oxygen atoms in total. The minimum absolute atomic E-state index is 0.0399. The number of aromatic nitrogens is 1. The molecule has 1 amide bonds. The van der Waals surface area contributed by atoms with Gasteiger partial charge in [-0.1, -0.05) is 43.3 Å². The molecule has 1 aromatic heterocycles. The molecule has 1 fully saturated rings. The van der Waals surface area contributed by atoms with Crippen LogP contribution < -0.4 is 9.64 Å². The second-order valence-corrected chi connectivity index (χ2v) is 8.58. The Labute approximate surface area is 199 Å². The molecule has 2 aromatic carbocycles. The number of Topliss-reactive ketones (excluding diaryl/α,β-unsaturated/α-hetero) is 1. The molecule has 0 aliphatic heterocycles. The van der Waals surface area contributed by atoms with Crippen LogP contribution in [0.3, 0.4) is 0 Å². The Balaban J connectivity index is 1.44. The Morgan fingerprint density at radius 3 is 2.35 bits per heavy atom. The molecule has 0 N–H and O–H groups in total. The Morgan fingerprint density at radius 2 is 1.79 bits per heavy atom. The lowest BCUT2D eigenvalue weighted by Gasteiger charge is -2.37. The Morgan fingerprint density at radius 1 is 1.06 bits per heavy atom. The SMILES string of the molecule is CCC(=O)N(c1ccc(-c2ccc(C(=O)CCc3ccc(OC)nc3)cc2)cc1F)C1CCC1. The zero-order valence-electron chi connectivity index (χ0n) is 19.6. The molecule has 0 radical (unpaired) electrons. The smallest absolute Gasteiger partial charge is 0.227 e. The number of carbonyl (C=O) groups is 2. The van der Waals surface area contributed by atoms with Gasteiger partial charge in [0.2, 0.25) is 11.8 Å². The fourth-order valence-corrected chi connectivity index (χ4v) is 4.16. The van der Waals surface area contributed by atoms with Crippen molar-refractivity contribution < 1.29 is 18.7 Å². The second kappa shape index (κ2) is 10.6. The fraction of sp³-hybridized carbons (Fsp3) is 0.321. The van der Waals surface area contributed by atoms with Crippen molar-refractivity contribution in [2.75, 3.05) is 12.0 Å². The number of nitrogens with zero attached hydrogens (tertiary/aromatic N) is 2. The molecular formula is C28H29FN2O3. The van der Waals surface area contributed by atoms with Gasteiger partial charge in [0.15, 0.2) is 5.78 Å². The lowest BCUT2D eigenvalue weighted by molar-refractivity contribution is -0.119. The number of pyridine rings is 1. The number of aryl methyl sites for hydroxylation is 1. The van der Waals surface area contributed by atoms with E-state index in [0.29, 0.717) is 42.0 Å². The first kappa shape index (κ1) is 23.6. The summed E-state index contributed by atoms with van der Waals surface area (Å²) in [7, 11) is 1.56. The van der Waals surface area contributed by atoms with Gasteiger partial charge in [0.05, 0.1) is 12.8 Å². The third-order valence-electron chi connectivity index (χ3n) is 6.41. The summed E-state index contributed by atoms with van der Waals surface area (Å²) >= 11 is 0. The largest absolute Gasteiger partial charge is 0.481 e. The summed E-state index contributed by atoms with van der Waals surface area (Å²) in [6.45, 7) is 1.80. The number of ether oxygens (including phenoxy) is 1. The van der Waals surface area contributed by atoms with Gasteiger partial charge >= 0.3 is 0 Å². The summed E-state index contributed by atoms with van der Waals surface area (Å²) in [4.78, 5) is 30.8. The number of benzene rings is 2. The zero-order chi connectivity index (χ0) is 24.1. The van der Waals surface area contributed by atoms with E-state index in [2.05, 4.69) is 4.98 Å². The number of amides is 1. The average Bonchev–Trinajstić information content (AvgIpc) is 2.84. The van der Waals surface area contributed by atoms with E-state index < -0.39 is 5.82 Å². The molecule has 0 bridgehead atoms. The fourth-order valence-electron chi connectivity index (χ4n) is 4.16. The number of ketones is 1. The molecule has 1 heterocycles. The molecule has 0 spiro atoms. The molecule has 0 atom stereocenters. The molecule has 1 aliphatic rings. The minimum Gasteiger partial charge on any atom is -0.481 e. The van der Waals surface area contributed by atoms with Crippen molar-refractivity contribution in [3.8, 4) is 17.0 Å². The first-order chi connectivity index (χ1) is 16.5. The monoisotopic (exact) mass is 460 g/mol. The van der Waals surface area contributed by atoms with Crippen LogP contribution in [0.1, 0.15) is 54.9 Å². The molecular weight excluding hydrogens is 431 g/mol. The van der Waals surface area contributed by atoms with Gasteiger partial charge in [-0.25, -0.2) is 9.37 Å². The third-order valence-corrected chi connectivity index (χ3v) is 6.41. The number of hydrogen-bond donors (Lipinski definition) is 0. The van der Waals surface area contributed by atoms with Crippen LogP contribution in [0.25, 0.3) is 11.1 Å². The highest BCUT2D eigenvalue weighted by Crippen LogP contribution is 2.34. The van der Waals surface area contributed by atoms with Crippen LogP contribution in [0.4, 0.5) is 10.1 Å². The van der Waals surface area contributed by atoms with E-state index in [1.807, 2.05) is 24.3 Å². The van der Waals surface area contributed by atoms with Gasteiger partial charge in [-0.15, -0.1) is 0 Å². The minimum atomic E-state index is -0.403. The third kappa shape index (κ3) is 5.16. The Kier molecular flexibility index (Phi) is 7.36. The lowest BCUT2D eigenvalue weighted by atomic mass is 9.90. The summed E-state index contributed by atoms with van der Waals surface area (Å²) in [5.74, 6) is 0.130. The number of methoxy groups -OCH3 is 1. The molecule has 3 aromatic rings. The predicted octanol–water partition coefficient (Wildman–Crippen LogP) is 6.01. The number of rotatable bonds is 9. The van der Waals surface area contributed by atoms with E-state index in [1.54, 1.807) is 49.4 Å². The first-order valence-electron chi connectivity index (χ1n) is 11.7. The van der Waals surface area contributed by atoms with Crippen molar-refractivity contribution in [1.29, 1.82) is 0 Å². The number of carbonyl (C=O) groups excluding carboxylic acids is 2. The quantitative estimate of drug-likeness (QED) is 0.367. The van der Waals surface area contributed by atoms with E-state index in [0.717, 1.165) is 30.4 Å². The van der Waals surface area contributed by atoms with E-state index in [-0.39, 0.29) is 17.7 Å². The van der Waals surface area contributed by atoms with Crippen LogP contribution in [0.15, 0.2) is 60.8 Å². The van der Waals surface area contributed by atoms with Crippen molar-refractivity contribution in [3.05, 3.63) is 77.7 Å². The van der Waals surface area contributed by atoms with Crippen molar-refractivity contribution in [2.24, 2.45) is 0 Å². The van der Waals surface area contributed by atoms with Crippen LogP contribution in [0, 0.1) is 5.82 Å². The molecule has 1 saturated carbocycles. The molecule has 0 saturated heterocycles. The number of anilines is 1. The van der Waals surface area contributed by atoms with Crippen molar-refractivity contribution in [1.82, 2.24) is 4.98 Å². The summed E-state index contributed by atoms with van der Waals surface area (Å²) in [6, 6.07) is 16.0. The summed E-state index contributed by atoms with van der Waals surface area (Å²) in [5.41, 5.74) is 3.46. The zero-order valence-corrected chi connectivity index (χ0v) is 19.6. The normalized spacial score (nSPS) is 13.3. The topological polar surface area (TPSA) is 59.5 Å². The van der Waals surface area contributed by atoms with Gasteiger partial charge in [0, 0.05) is 36.7 Å². The van der Waals surface area contributed by atoms with Crippen LogP contribution in [0.2, 0.25) is 0 Å². The van der Waals surface area contributed by atoms with E-state index in [1.165, 1.54) is 6.07 Å². The second-order valence-electron chi connectivity index (χ2n) is 8.58. The molecule has 6 heteroatoms. The summed E-state index contributed by atoms with van der Waals surface area (Å²) in [5, 5.41) is 0. The average molecular weight is 461 g/mol. The first-order valence-corrected chi connectivity index (χ1v) is 11.7. The van der Waals surface area contributed by atoms with Crippen LogP contribution in [-0.2, 0) is 11.2 Å².